The zero-order valence-electron chi connectivity index (χ0n) is 11.3. The molecule has 0 saturated carbocycles. The van der Waals surface area contributed by atoms with E-state index in [0.29, 0.717) is 11.4 Å². The molecule has 1 aromatic heterocycles. The molecule has 104 valence electrons. The standard InChI is InChI=1S/C15H14ClNOS2/c1-15(2)7-10(18)6-11(8-15)19-14-17-12-5-9(16)3-4-13(12)20-14/h3-6H,7-8H2,1-2H3. The first kappa shape index (κ1) is 14.1. The van der Waals surface area contributed by atoms with Crippen molar-refractivity contribution in [3.63, 3.8) is 0 Å². The molecule has 20 heavy (non-hydrogen) atoms. The number of aromatic nitrogens is 1. The maximum atomic E-state index is 11.8. The topological polar surface area (TPSA) is 30.0 Å². The van der Waals surface area contributed by atoms with E-state index >= 15 is 0 Å². The van der Waals surface area contributed by atoms with Gasteiger partial charge in [-0.25, -0.2) is 4.98 Å². The zero-order valence-corrected chi connectivity index (χ0v) is 13.7. The van der Waals surface area contributed by atoms with Crippen LogP contribution in [0.15, 0.2) is 33.5 Å². The van der Waals surface area contributed by atoms with Gasteiger partial charge in [0.05, 0.1) is 10.2 Å². The largest absolute Gasteiger partial charge is 0.295 e. The van der Waals surface area contributed by atoms with Gasteiger partial charge >= 0.3 is 0 Å². The molecule has 5 heteroatoms. The summed E-state index contributed by atoms with van der Waals surface area (Å²) in [5.41, 5.74) is 0.973. The summed E-state index contributed by atoms with van der Waals surface area (Å²) < 4.78 is 2.10. The second-order valence-electron chi connectivity index (χ2n) is 5.79. The number of carbonyl (C=O) groups is 1. The van der Waals surface area contributed by atoms with E-state index in [-0.39, 0.29) is 11.2 Å². The van der Waals surface area contributed by atoms with Gasteiger partial charge in [0.1, 0.15) is 0 Å². The molecule has 0 N–H and O–H groups in total. The van der Waals surface area contributed by atoms with E-state index in [1.54, 1.807) is 29.2 Å². The van der Waals surface area contributed by atoms with Gasteiger partial charge in [0.15, 0.2) is 10.1 Å². The minimum Gasteiger partial charge on any atom is -0.295 e. The highest BCUT2D eigenvalue weighted by Gasteiger charge is 2.28. The molecule has 0 fully saturated rings. The van der Waals surface area contributed by atoms with Gasteiger partial charge in [-0.05, 0) is 41.0 Å². The number of ketones is 1. The Morgan fingerprint density at radius 3 is 2.90 bits per heavy atom. The number of nitrogens with zero attached hydrogens (tertiary/aromatic N) is 1. The molecule has 2 nitrogen and oxygen atoms in total. The Kier molecular flexibility index (Phi) is 3.65. The summed E-state index contributed by atoms with van der Waals surface area (Å²) in [7, 11) is 0. The van der Waals surface area contributed by atoms with Crippen LogP contribution in [-0.4, -0.2) is 10.8 Å². The molecule has 0 unspecified atom stereocenters. The SMILES string of the molecule is CC1(C)CC(=O)C=C(Sc2nc3cc(Cl)ccc3s2)C1. The maximum Gasteiger partial charge on any atom is 0.157 e. The Morgan fingerprint density at radius 1 is 1.35 bits per heavy atom. The summed E-state index contributed by atoms with van der Waals surface area (Å²) in [4.78, 5) is 17.5. The van der Waals surface area contributed by atoms with Crippen molar-refractivity contribution in [3.05, 3.63) is 34.2 Å². The van der Waals surface area contributed by atoms with Gasteiger partial charge in [-0.1, -0.05) is 37.2 Å². The monoisotopic (exact) mass is 323 g/mol. The number of thiazole rings is 1. The molecular formula is C15H14ClNOS2. The fourth-order valence-electron chi connectivity index (χ4n) is 2.39. The Labute approximate surface area is 131 Å². The average molecular weight is 324 g/mol. The van der Waals surface area contributed by atoms with Crippen LogP contribution in [0.4, 0.5) is 0 Å². The van der Waals surface area contributed by atoms with Gasteiger partial charge in [-0.15, -0.1) is 11.3 Å². The molecule has 0 radical (unpaired) electrons. The van der Waals surface area contributed by atoms with Crippen molar-refractivity contribution in [2.24, 2.45) is 5.41 Å². The highest BCUT2D eigenvalue weighted by atomic mass is 35.5. The van der Waals surface area contributed by atoms with Gasteiger partial charge in [0, 0.05) is 11.4 Å². The molecule has 3 rings (SSSR count). The molecule has 1 aromatic carbocycles. The third-order valence-corrected chi connectivity index (χ3v) is 5.53. The number of rotatable bonds is 2. The number of allylic oxidation sites excluding steroid dienone is 2. The lowest BCUT2D eigenvalue weighted by Gasteiger charge is -2.27. The maximum absolute atomic E-state index is 11.8. The van der Waals surface area contributed by atoms with E-state index in [9.17, 15) is 4.79 Å². The molecule has 1 aliphatic rings. The molecule has 0 atom stereocenters. The smallest absolute Gasteiger partial charge is 0.157 e. The second-order valence-corrected chi connectivity index (χ2v) is 8.63. The van der Waals surface area contributed by atoms with E-state index in [4.69, 9.17) is 11.6 Å². The van der Waals surface area contributed by atoms with Gasteiger partial charge in [0.2, 0.25) is 0 Å². The lowest BCUT2D eigenvalue weighted by atomic mass is 9.80. The molecule has 0 aliphatic heterocycles. The van der Waals surface area contributed by atoms with Crippen LogP contribution in [0.5, 0.6) is 0 Å². The Balaban J connectivity index is 1.87. The Morgan fingerprint density at radius 2 is 2.15 bits per heavy atom. The number of hydrogen-bond donors (Lipinski definition) is 0. The molecule has 0 saturated heterocycles. The fourth-order valence-corrected chi connectivity index (χ4v) is 5.01. The van der Waals surface area contributed by atoms with Crippen LogP contribution < -0.4 is 0 Å². The van der Waals surface area contributed by atoms with Crippen molar-refractivity contribution < 1.29 is 4.79 Å². The summed E-state index contributed by atoms with van der Waals surface area (Å²) in [6.07, 6.45) is 3.33. The van der Waals surface area contributed by atoms with Crippen LogP contribution in [0.1, 0.15) is 26.7 Å². The molecule has 1 heterocycles. The number of carbonyl (C=O) groups excluding carboxylic acids is 1. The normalized spacial score (nSPS) is 18.4. The predicted molar refractivity (Wildman–Crippen MR) is 86.6 cm³/mol. The number of fused-ring (bicyclic) bond motifs is 1. The van der Waals surface area contributed by atoms with E-state index < -0.39 is 0 Å². The van der Waals surface area contributed by atoms with Gasteiger partial charge in [0.25, 0.3) is 0 Å². The Hall–Kier alpha value is -0.840. The van der Waals surface area contributed by atoms with Crippen molar-refractivity contribution in [2.45, 2.75) is 31.0 Å². The van der Waals surface area contributed by atoms with Crippen LogP contribution in [0.25, 0.3) is 10.2 Å². The summed E-state index contributed by atoms with van der Waals surface area (Å²) >= 11 is 9.23. The molecule has 0 spiro atoms. The zero-order chi connectivity index (χ0) is 14.3. The fraction of sp³-hybridized carbons (Fsp3) is 0.333. The van der Waals surface area contributed by atoms with Crippen LogP contribution in [-0.2, 0) is 4.79 Å². The molecule has 0 amide bonds. The Bertz CT molecular complexity index is 718. The van der Waals surface area contributed by atoms with Gasteiger partial charge in [-0.2, -0.15) is 0 Å². The minimum absolute atomic E-state index is 0.0498. The van der Waals surface area contributed by atoms with E-state index in [1.165, 1.54) is 0 Å². The van der Waals surface area contributed by atoms with Crippen LogP contribution in [0.2, 0.25) is 5.02 Å². The third-order valence-electron chi connectivity index (χ3n) is 3.18. The predicted octanol–water partition coefficient (Wildman–Crippen LogP) is 5.31. The van der Waals surface area contributed by atoms with Crippen molar-refractivity contribution in [2.75, 3.05) is 0 Å². The number of halogens is 1. The van der Waals surface area contributed by atoms with Crippen molar-refractivity contribution in [3.8, 4) is 0 Å². The molecule has 0 bridgehead atoms. The molecular weight excluding hydrogens is 310 g/mol. The van der Waals surface area contributed by atoms with Crippen LogP contribution >= 0.6 is 34.7 Å². The van der Waals surface area contributed by atoms with Crippen molar-refractivity contribution >= 4 is 50.7 Å². The first-order valence-corrected chi connectivity index (χ1v) is 8.40. The average Bonchev–Trinajstić information content (AvgIpc) is 2.67. The van der Waals surface area contributed by atoms with E-state index in [1.807, 2.05) is 18.2 Å². The highest BCUT2D eigenvalue weighted by Crippen LogP contribution is 2.43. The quantitative estimate of drug-likeness (QED) is 0.749. The van der Waals surface area contributed by atoms with E-state index in [2.05, 4.69) is 18.8 Å². The summed E-state index contributed by atoms with van der Waals surface area (Å²) in [6.45, 7) is 4.27. The lowest BCUT2D eigenvalue weighted by molar-refractivity contribution is -0.116. The summed E-state index contributed by atoms with van der Waals surface area (Å²) in [5.74, 6) is 0.216. The highest BCUT2D eigenvalue weighted by molar-refractivity contribution is 8.04. The van der Waals surface area contributed by atoms with Crippen molar-refractivity contribution in [1.29, 1.82) is 0 Å². The number of hydrogen-bond acceptors (Lipinski definition) is 4. The number of thioether (sulfide) groups is 1. The first-order valence-electron chi connectivity index (χ1n) is 6.39. The van der Waals surface area contributed by atoms with Crippen molar-refractivity contribution in [1.82, 2.24) is 4.98 Å². The molecule has 2 aromatic rings. The summed E-state index contributed by atoms with van der Waals surface area (Å²) in [6, 6.07) is 5.74. The lowest BCUT2D eigenvalue weighted by Crippen LogP contribution is -2.20. The van der Waals surface area contributed by atoms with E-state index in [0.717, 1.165) is 25.9 Å². The first-order chi connectivity index (χ1) is 9.41. The third kappa shape index (κ3) is 3.08. The number of benzene rings is 1. The van der Waals surface area contributed by atoms with Crippen LogP contribution in [0.3, 0.4) is 0 Å². The van der Waals surface area contributed by atoms with Crippen LogP contribution in [0, 0.1) is 5.41 Å². The second kappa shape index (κ2) is 5.17. The minimum atomic E-state index is 0.0498. The van der Waals surface area contributed by atoms with Gasteiger partial charge < -0.3 is 0 Å². The van der Waals surface area contributed by atoms with Gasteiger partial charge in [-0.3, -0.25) is 4.79 Å². The molecule has 1 aliphatic carbocycles. The summed E-state index contributed by atoms with van der Waals surface area (Å²) in [5, 5.41) is 0.701.